The molecule has 1 aliphatic rings. The number of nitrogens with zero attached hydrogens (tertiary/aromatic N) is 1. The van der Waals surface area contributed by atoms with Crippen LogP contribution in [-0.4, -0.2) is 12.8 Å². The van der Waals surface area contributed by atoms with Gasteiger partial charge in [0.1, 0.15) is 6.23 Å². The molecule has 0 aromatic heterocycles. The summed E-state index contributed by atoms with van der Waals surface area (Å²) in [4.78, 5) is 0. The van der Waals surface area contributed by atoms with E-state index in [-0.39, 0.29) is 12.1 Å². The van der Waals surface area contributed by atoms with Gasteiger partial charge in [-0.1, -0.05) is 30.3 Å². The average molecular weight is 242 g/mol. The van der Waals surface area contributed by atoms with Crippen LogP contribution in [0.5, 0.6) is 0 Å². The van der Waals surface area contributed by atoms with Gasteiger partial charge in [0.25, 0.3) is 0 Å². The van der Waals surface area contributed by atoms with Gasteiger partial charge in [-0.15, -0.1) is 0 Å². The van der Waals surface area contributed by atoms with Crippen molar-refractivity contribution in [3.05, 3.63) is 47.2 Å². The maximum Gasteiger partial charge on any atom is 0.128 e. The van der Waals surface area contributed by atoms with Gasteiger partial charge in [0.05, 0.1) is 11.6 Å². The summed E-state index contributed by atoms with van der Waals surface area (Å²) in [5.74, 6) is 0.133. The van der Waals surface area contributed by atoms with Crippen molar-refractivity contribution >= 4 is 0 Å². The largest absolute Gasteiger partial charge is 0.363 e. The normalized spacial score (nSPS) is 23.4. The molecule has 1 aliphatic heterocycles. The molecule has 0 unspecified atom stereocenters. The molecule has 0 saturated carbocycles. The van der Waals surface area contributed by atoms with Crippen LogP contribution in [0.1, 0.15) is 31.7 Å². The fraction of sp³-hybridized carbons (Fsp3) is 0.400. The standard InChI is InChI=1S/C15H18N2O/c1-3-18-15-9-13(12-7-5-4-6-8-12)14(10-16)11(2)17-15/h4-8,13,15,17H,3,9H2,1-2H3/t13-,15+/m1/s1. The van der Waals surface area contributed by atoms with Crippen LogP contribution in [0.2, 0.25) is 0 Å². The third-order valence-electron chi connectivity index (χ3n) is 3.27. The first-order valence-corrected chi connectivity index (χ1v) is 6.30. The van der Waals surface area contributed by atoms with Gasteiger partial charge < -0.3 is 10.1 Å². The Morgan fingerprint density at radius 3 is 2.72 bits per heavy atom. The van der Waals surface area contributed by atoms with Gasteiger partial charge in [0.15, 0.2) is 0 Å². The second-order valence-electron chi connectivity index (χ2n) is 4.44. The smallest absolute Gasteiger partial charge is 0.128 e. The molecule has 3 nitrogen and oxygen atoms in total. The molecule has 0 saturated heterocycles. The molecule has 1 heterocycles. The van der Waals surface area contributed by atoms with Gasteiger partial charge >= 0.3 is 0 Å². The average Bonchev–Trinajstić information content (AvgIpc) is 2.39. The highest BCUT2D eigenvalue weighted by molar-refractivity contribution is 5.40. The van der Waals surface area contributed by atoms with E-state index in [9.17, 15) is 5.26 Å². The maximum absolute atomic E-state index is 9.32. The van der Waals surface area contributed by atoms with Crippen LogP contribution < -0.4 is 5.32 Å². The monoisotopic (exact) mass is 242 g/mol. The maximum atomic E-state index is 9.32. The molecule has 2 rings (SSSR count). The summed E-state index contributed by atoms with van der Waals surface area (Å²) < 4.78 is 5.64. The van der Waals surface area contributed by atoms with E-state index in [2.05, 4.69) is 23.5 Å². The summed E-state index contributed by atoms with van der Waals surface area (Å²) in [6.45, 7) is 4.60. The highest BCUT2D eigenvalue weighted by Crippen LogP contribution is 2.33. The van der Waals surface area contributed by atoms with Crippen molar-refractivity contribution in [2.24, 2.45) is 0 Å². The van der Waals surface area contributed by atoms with Gasteiger partial charge in [0, 0.05) is 24.6 Å². The lowest BCUT2D eigenvalue weighted by atomic mass is 9.85. The van der Waals surface area contributed by atoms with E-state index >= 15 is 0 Å². The van der Waals surface area contributed by atoms with Crippen molar-refractivity contribution in [1.29, 1.82) is 5.26 Å². The van der Waals surface area contributed by atoms with Gasteiger partial charge in [-0.25, -0.2) is 0 Å². The van der Waals surface area contributed by atoms with Crippen LogP contribution in [-0.2, 0) is 4.74 Å². The van der Waals surface area contributed by atoms with E-state index in [0.717, 1.165) is 17.7 Å². The van der Waals surface area contributed by atoms with Gasteiger partial charge in [-0.3, -0.25) is 0 Å². The SMILES string of the molecule is CCO[C@H]1C[C@H](c2ccccc2)C(C#N)=C(C)N1. The van der Waals surface area contributed by atoms with Crippen LogP contribution in [0, 0.1) is 11.3 Å². The molecule has 1 aromatic rings. The molecule has 1 aromatic carbocycles. The van der Waals surface area contributed by atoms with Gasteiger partial charge in [-0.05, 0) is 19.4 Å². The lowest BCUT2D eigenvalue weighted by molar-refractivity contribution is 0.0319. The predicted molar refractivity (Wildman–Crippen MR) is 70.7 cm³/mol. The highest BCUT2D eigenvalue weighted by atomic mass is 16.5. The van der Waals surface area contributed by atoms with Crippen molar-refractivity contribution < 1.29 is 4.74 Å². The zero-order valence-electron chi connectivity index (χ0n) is 10.8. The topological polar surface area (TPSA) is 45.0 Å². The molecule has 0 bridgehead atoms. The number of nitrogens with one attached hydrogen (secondary N) is 1. The molecule has 18 heavy (non-hydrogen) atoms. The summed E-state index contributed by atoms with van der Waals surface area (Å²) in [5, 5.41) is 12.6. The molecular weight excluding hydrogens is 224 g/mol. The van der Waals surface area contributed by atoms with Crippen molar-refractivity contribution in [1.82, 2.24) is 5.32 Å². The summed E-state index contributed by atoms with van der Waals surface area (Å²) in [6, 6.07) is 12.5. The Labute approximate surface area is 108 Å². The number of benzene rings is 1. The third-order valence-corrected chi connectivity index (χ3v) is 3.27. The second kappa shape index (κ2) is 5.70. The summed E-state index contributed by atoms with van der Waals surface area (Å²) in [7, 11) is 0. The zero-order chi connectivity index (χ0) is 13.0. The Kier molecular flexibility index (Phi) is 4.01. The van der Waals surface area contributed by atoms with E-state index in [1.165, 1.54) is 5.56 Å². The predicted octanol–water partition coefficient (Wildman–Crippen LogP) is 2.92. The number of allylic oxidation sites excluding steroid dienone is 2. The first-order chi connectivity index (χ1) is 8.76. The highest BCUT2D eigenvalue weighted by Gasteiger charge is 2.28. The summed E-state index contributed by atoms with van der Waals surface area (Å²) >= 11 is 0. The Bertz CT molecular complexity index is 473. The first kappa shape index (κ1) is 12.7. The number of ether oxygens (including phenoxy) is 1. The lowest BCUT2D eigenvalue weighted by Crippen LogP contribution is -2.37. The molecule has 1 N–H and O–H groups in total. The lowest BCUT2D eigenvalue weighted by Gasteiger charge is -2.31. The molecule has 2 atom stereocenters. The molecule has 94 valence electrons. The fourth-order valence-corrected chi connectivity index (χ4v) is 2.43. The number of rotatable bonds is 3. The first-order valence-electron chi connectivity index (χ1n) is 6.30. The van der Waals surface area contributed by atoms with Crippen molar-refractivity contribution in [3.63, 3.8) is 0 Å². The Morgan fingerprint density at radius 1 is 1.39 bits per heavy atom. The molecular formula is C15H18N2O. The Morgan fingerprint density at radius 2 is 2.11 bits per heavy atom. The van der Waals surface area contributed by atoms with E-state index in [1.807, 2.05) is 32.0 Å². The molecule has 0 amide bonds. The van der Waals surface area contributed by atoms with E-state index < -0.39 is 0 Å². The second-order valence-corrected chi connectivity index (χ2v) is 4.44. The van der Waals surface area contributed by atoms with Crippen molar-refractivity contribution in [2.75, 3.05) is 6.61 Å². The van der Waals surface area contributed by atoms with E-state index in [0.29, 0.717) is 6.61 Å². The molecule has 0 spiro atoms. The van der Waals surface area contributed by atoms with Crippen LogP contribution in [0.4, 0.5) is 0 Å². The number of hydrogen-bond acceptors (Lipinski definition) is 3. The van der Waals surface area contributed by atoms with Crippen molar-refractivity contribution in [3.8, 4) is 6.07 Å². The van der Waals surface area contributed by atoms with Gasteiger partial charge in [0.2, 0.25) is 0 Å². The quantitative estimate of drug-likeness (QED) is 0.886. The zero-order valence-corrected chi connectivity index (χ0v) is 10.8. The van der Waals surface area contributed by atoms with Crippen LogP contribution in [0.3, 0.4) is 0 Å². The number of nitriles is 1. The summed E-state index contributed by atoms with van der Waals surface area (Å²) in [5.41, 5.74) is 2.92. The minimum Gasteiger partial charge on any atom is -0.363 e. The molecule has 0 fully saturated rings. The van der Waals surface area contributed by atoms with Crippen molar-refractivity contribution in [2.45, 2.75) is 32.4 Å². The van der Waals surface area contributed by atoms with E-state index in [4.69, 9.17) is 4.74 Å². The van der Waals surface area contributed by atoms with Crippen LogP contribution in [0.25, 0.3) is 0 Å². The fourth-order valence-electron chi connectivity index (χ4n) is 2.43. The van der Waals surface area contributed by atoms with Crippen LogP contribution in [0.15, 0.2) is 41.6 Å². The Balaban J connectivity index is 2.32. The minimum absolute atomic E-state index is 0.00249. The molecule has 0 radical (unpaired) electrons. The minimum atomic E-state index is -0.00249. The number of hydrogen-bond donors (Lipinski definition) is 1. The van der Waals surface area contributed by atoms with Crippen LogP contribution >= 0.6 is 0 Å². The summed E-state index contributed by atoms with van der Waals surface area (Å²) in [6.07, 6.45) is 0.801. The molecule has 3 heteroatoms. The Hall–Kier alpha value is -1.79. The van der Waals surface area contributed by atoms with Gasteiger partial charge in [-0.2, -0.15) is 5.26 Å². The third kappa shape index (κ3) is 2.55. The van der Waals surface area contributed by atoms with E-state index in [1.54, 1.807) is 0 Å². The molecule has 0 aliphatic carbocycles.